The first-order valence-electron chi connectivity index (χ1n) is 9.55. The van der Waals surface area contributed by atoms with Crippen molar-refractivity contribution in [2.45, 2.75) is 19.4 Å². The fourth-order valence-corrected chi connectivity index (χ4v) is 3.14. The first-order valence-corrected chi connectivity index (χ1v) is 9.93. The molecule has 2 aromatic heterocycles. The number of aryl methyl sites for hydroxylation is 1. The van der Waals surface area contributed by atoms with E-state index in [1.807, 2.05) is 66.7 Å². The molecule has 0 unspecified atom stereocenters. The molecule has 0 atom stereocenters. The largest absolute Gasteiger partial charge is 0.459 e. The van der Waals surface area contributed by atoms with Crippen LogP contribution in [0, 0.1) is 0 Å². The minimum atomic E-state index is -0.0288. The second kappa shape index (κ2) is 8.97. The molecule has 0 bridgehead atoms. The van der Waals surface area contributed by atoms with Crippen molar-refractivity contribution in [3.05, 3.63) is 83.4 Å². The van der Waals surface area contributed by atoms with Crippen LogP contribution in [-0.4, -0.2) is 28.1 Å². The lowest BCUT2D eigenvalue weighted by Gasteiger charge is -2.15. The summed E-state index contributed by atoms with van der Waals surface area (Å²) in [6.45, 7) is 0.380. The van der Waals surface area contributed by atoms with Crippen molar-refractivity contribution in [1.82, 2.24) is 15.1 Å². The van der Waals surface area contributed by atoms with E-state index in [1.165, 1.54) is 0 Å². The monoisotopic (exact) mass is 421 g/mol. The summed E-state index contributed by atoms with van der Waals surface area (Å²) in [6, 6.07) is 20.7. The molecule has 0 saturated heterocycles. The Morgan fingerprint density at radius 3 is 2.47 bits per heavy atom. The van der Waals surface area contributed by atoms with E-state index in [9.17, 15) is 4.79 Å². The second-order valence-electron chi connectivity index (χ2n) is 6.89. The van der Waals surface area contributed by atoms with E-state index in [0.29, 0.717) is 35.5 Å². The average Bonchev–Trinajstić information content (AvgIpc) is 3.43. The summed E-state index contributed by atoms with van der Waals surface area (Å²) in [6.07, 6.45) is 0.662. The molecule has 0 aliphatic heterocycles. The van der Waals surface area contributed by atoms with Crippen molar-refractivity contribution in [2.24, 2.45) is 0 Å². The third kappa shape index (κ3) is 4.78. The first-order chi connectivity index (χ1) is 14.6. The molecule has 1 amide bonds. The number of benzene rings is 2. The molecule has 152 valence electrons. The predicted octanol–water partition coefficient (Wildman–Crippen LogP) is 5.24. The lowest BCUT2D eigenvalue weighted by Crippen LogP contribution is -2.26. The van der Waals surface area contributed by atoms with Crippen LogP contribution >= 0.6 is 11.6 Å². The standard InChI is InChI=1S/C23H20ClN3O3/c1-27(15-19-11-12-20(29-19)16-7-9-18(24)10-8-16)22(28)14-13-21-25-26-23(30-21)17-5-3-2-4-6-17/h2-12H,13-15H2,1H3. The van der Waals surface area contributed by atoms with Crippen LogP contribution in [0.4, 0.5) is 0 Å². The molecule has 4 rings (SSSR count). The van der Waals surface area contributed by atoms with Gasteiger partial charge in [0.25, 0.3) is 0 Å². The molecule has 2 aromatic carbocycles. The zero-order valence-electron chi connectivity index (χ0n) is 16.4. The molecule has 0 radical (unpaired) electrons. The van der Waals surface area contributed by atoms with Crippen molar-refractivity contribution in [3.8, 4) is 22.8 Å². The molecule has 0 fully saturated rings. The van der Waals surface area contributed by atoms with Crippen LogP contribution in [0.1, 0.15) is 18.1 Å². The molecule has 0 N–H and O–H groups in total. The normalized spacial score (nSPS) is 10.9. The first kappa shape index (κ1) is 19.9. The Labute approximate surface area is 179 Å². The zero-order valence-corrected chi connectivity index (χ0v) is 17.2. The van der Waals surface area contributed by atoms with Crippen molar-refractivity contribution < 1.29 is 13.6 Å². The van der Waals surface area contributed by atoms with E-state index < -0.39 is 0 Å². The molecule has 7 heteroatoms. The van der Waals surface area contributed by atoms with Gasteiger partial charge in [-0.15, -0.1) is 10.2 Å². The number of carbonyl (C=O) groups is 1. The van der Waals surface area contributed by atoms with Crippen molar-refractivity contribution in [3.63, 3.8) is 0 Å². The average molecular weight is 422 g/mol. The predicted molar refractivity (Wildman–Crippen MR) is 114 cm³/mol. The molecule has 2 heterocycles. The van der Waals surface area contributed by atoms with Crippen molar-refractivity contribution >= 4 is 17.5 Å². The number of rotatable bonds is 7. The van der Waals surface area contributed by atoms with Crippen LogP contribution in [-0.2, 0) is 17.8 Å². The van der Waals surface area contributed by atoms with Gasteiger partial charge in [-0.25, -0.2) is 0 Å². The Bertz CT molecular complexity index is 1120. The van der Waals surface area contributed by atoms with E-state index in [-0.39, 0.29) is 12.3 Å². The number of halogens is 1. The Kier molecular flexibility index (Phi) is 5.95. The third-order valence-electron chi connectivity index (χ3n) is 4.65. The minimum Gasteiger partial charge on any atom is -0.459 e. The number of aromatic nitrogens is 2. The highest BCUT2D eigenvalue weighted by molar-refractivity contribution is 6.30. The van der Waals surface area contributed by atoms with Crippen molar-refractivity contribution in [1.29, 1.82) is 0 Å². The lowest BCUT2D eigenvalue weighted by atomic mass is 10.2. The highest BCUT2D eigenvalue weighted by Gasteiger charge is 2.15. The summed E-state index contributed by atoms with van der Waals surface area (Å²) in [5, 5.41) is 8.76. The Morgan fingerprint density at radius 2 is 1.70 bits per heavy atom. The number of hydrogen-bond acceptors (Lipinski definition) is 5. The van der Waals surface area contributed by atoms with Gasteiger partial charge in [-0.1, -0.05) is 29.8 Å². The molecular weight excluding hydrogens is 402 g/mol. The number of amides is 1. The molecule has 0 saturated carbocycles. The van der Waals surface area contributed by atoms with E-state index in [2.05, 4.69) is 10.2 Å². The topological polar surface area (TPSA) is 72.4 Å². The van der Waals surface area contributed by atoms with E-state index in [0.717, 1.165) is 16.9 Å². The minimum absolute atomic E-state index is 0.0288. The maximum absolute atomic E-state index is 12.5. The van der Waals surface area contributed by atoms with Gasteiger partial charge in [0.05, 0.1) is 6.54 Å². The number of furan rings is 1. The number of hydrogen-bond donors (Lipinski definition) is 0. The molecule has 6 nitrogen and oxygen atoms in total. The fourth-order valence-electron chi connectivity index (χ4n) is 3.01. The van der Waals surface area contributed by atoms with Gasteiger partial charge < -0.3 is 13.7 Å². The quantitative estimate of drug-likeness (QED) is 0.408. The van der Waals surface area contributed by atoms with E-state index >= 15 is 0 Å². The third-order valence-corrected chi connectivity index (χ3v) is 4.90. The lowest BCUT2D eigenvalue weighted by molar-refractivity contribution is -0.130. The maximum atomic E-state index is 12.5. The summed E-state index contributed by atoms with van der Waals surface area (Å²) in [5.41, 5.74) is 1.79. The number of carbonyl (C=O) groups excluding carboxylic acids is 1. The number of nitrogens with zero attached hydrogens (tertiary/aromatic N) is 3. The summed E-state index contributed by atoms with van der Waals surface area (Å²) < 4.78 is 11.5. The summed E-state index contributed by atoms with van der Waals surface area (Å²) in [5.74, 6) is 2.32. The van der Waals surface area contributed by atoms with Crippen LogP contribution in [0.15, 0.2) is 75.6 Å². The summed E-state index contributed by atoms with van der Waals surface area (Å²) in [4.78, 5) is 14.1. The van der Waals surface area contributed by atoms with Gasteiger partial charge in [0.1, 0.15) is 11.5 Å². The molecule has 30 heavy (non-hydrogen) atoms. The highest BCUT2D eigenvalue weighted by atomic mass is 35.5. The molecule has 0 aliphatic rings. The zero-order chi connectivity index (χ0) is 20.9. The van der Waals surface area contributed by atoms with Crippen LogP contribution in [0.5, 0.6) is 0 Å². The Hall–Kier alpha value is -3.38. The van der Waals surface area contributed by atoms with E-state index in [1.54, 1.807) is 11.9 Å². The maximum Gasteiger partial charge on any atom is 0.247 e. The highest BCUT2D eigenvalue weighted by Crippen LogP contribution is 2.24. The SMILES string of the molecule is CN(Cc1ccc(-c2ccc(Cl)cc2)o1)C(=O)CCc1nnc(-c2ccccc2)o1. The summed E-state index contributed by atoms with van der Waals surface area (Å²) >= 11 is 5.92. The van der Waals surface area contributed by atoms with Gasteiger partial charge in [0.15, 0.2) is 0 Å². The molecule has 4 aromatic rings. The van der Waals surface area contributed by atoms with Crippen LogP contribution in [0.25, 0.3) is 22.8 Å². The van der Waals surface area contributed by atoms with Crippen LogP contribution < -0.4 is 0 Å². The van der Waals surface area contributed by atoms with E-state index in [4.69, 9.17) is 20.4 Å². The van der Waals surface area contributed by atoms with Gasteiger partial charge in [0.2, 0.25) is 17.7 Å². The van der Waals surface area contributed by atoms with Crippen LogP contribution in [0.3, 0.4) is 0 Å². The van der Waals surface area contributed by atoms with Crippen molar-refractivity contribution in [2.75, 3.05) is 7.05 Å². The second-order valence-corrected chi connectivity index (χ2v) is 7.33. The molecule has 0 spiro atoms. The van der Waals surface area contributed by atoms with Crippen LogP contribution in [0.2, 0.25) is 5.02 Å². The molecule has 0 aliphatic carbocycles. The van der Waals surface area contributed by atoms with Gasteiger partial charge in [-0.3, -0.25) is 4.79 Å². The Balaban J connectivity index is 1.31. The van der Waals surface area contributed by atoms with Gasteiger partial charge in [0, 0.05) is 36.0 Å². The van der Waals surface area contributed by atoms with Gasteiger partial charge in [-0.05, 0) is 48.5 Å². The molecular formula is C23H20ClN3O3. The van der Waals surface area contributed by atoms with Gasteiger partial charge >= 0.3 is 0 Å². The fraction of sp³-hybridized carbons (Fsp3) is 0.174. The van der Waals surface area contributed by atoms with Gasteiger partial charge in [-0.2, -0.15) is 0 Å². The summed E-state index contributed by atoms with van der Waals surface area (Å²) in [7, 11) is 1.75. The smallest absolute Gasteiger partial charge is 0.247 e. The Morgan fingerprint density at radius 1 is 0.933 bits per heavy atom.